The smallest absolute Gasteiger partial charge is 0.126 e. The average molecular weight is 168 g/mol. The average Bonchev–Trinajstić information content (AvgIpc) is 2.25. The lowest BCUT2D eigenvalue weighted by atomic mass is 9.67. The molecule has 1 fully saturated rings. The fourth-order valence-electron chi connectivity index (χ4n) is 2.01. The van der Waals surface area contributed by atoms with Gasteiger partial charge < -0.3 is 9.59 Å². The van der Waals surface area contributed by atoms with Gasteiger partial charge in [-0.25, -0.2) is 0 Å². The first-order valence-corrected chi connectivity index (χ1v) is 4.39. The molecule has 1 rings (SSSR count). The quantitative estimate of drug-likeness (QED) is 0.589. The van der Waals surface area contributed by atoms with Gasteiger partial charge in [-0.15, -0.1) is 0 Å². The first-order valence-electron chi connectivity index (χ1n) is 4.39. The van der Waals surface area contributed by atoms with Crippen LogP contribution in [0.1, 0.15) is 33.6 Å². The van der Waals surface area contributed by atoms with E-state index in [2.05, 4.69) is 0 Å². The molecule has 0 aromatic rings. The molecule has 68 valence electrons. The molecule has 0 aromatic carbocycles. The number of hydrogen-bond donors (Lipinski definition) is 0. The molecular formula is C10H16O2. The molecule has 0 amide bonds. The maximum absolute atomic E-state index is 10.9. The van der Waals surface area contributed by atoms with Gasteiger partial charge in [0.2, 0.25) is 0 Å². The van der Waals surface area contributed by atoms with E-state index in [0.717, 1.165) is 25.4 Å². The minimum atomic E-state index is -0.307. The van der Waals surface area contributed by atoms with Gasteiger partial charge in [-0.3, -0.25) is 0 Å². The highest BCUT2D eigenvalue weighted by molar-refractivity contribution is 5.66. The summed E-state index contributed by atoms with van der Waals surface area (Å²) in [4.78, 5) is 21.6. The first-order chi connectivity index (χ1) is 5.48. The normalized spacial score (nSPS) is 39.4. The Morgan fingerprint density at radius 3 is 2.08 bits per heavy atom. The highest BCUT2D eigenvalue weighted by Gasteiger charge is 2.51. The third-order valence-electron chi connectivity index (χ3n) is 3.80. The summed E-state index contributed by atoms with van der Waals surface area (Å²) in [6.45, 7) is 5.96. The van der Waals surface area contributed by atoms with Crippen molar-refractivity contribution >= 4 is 12.6 Å². The molecule has 0 saturated heterocycles. The van der Waals surface area contributed by atoms with E-state index in [9.17, 15) is 9.59 Å². The summed E-state index contributed by atoms with van der Waals surface area (Å²) >= 11 is 0. The second-order valence-corrected chi connectivity index (χ2v) is 4.54. The Bertz CT molecular complexity index is 208. The molecule has 0 radical (unpaired) electrons. The molecule has 0 aliphatic heterocycles. The summed E-state index contributed by atoms with van der Waals surface area (Å²) in [7, 11) is 0. The van der Waals surface area contributed by atoms with E-state index in [1.54, 1.807) is 0 Å². The number of aldehydes is 2. The maximum Gasteiger partial charge on any atom is 0.126 e. The van der Waals surface area contributed by atoms with E-state index in [1.807, 2.05) is 20.8 Å². The molecule has 1 saturated carbocycles. The first kappa shape index (κ1) is 9.43. The Morgan fingerprint density at radius 1 is 1.25 bits per heavy atom. The van der Waals surface area contributed by atoms with Crippen molar-refractivity contribution in [2.75, 3.05) is 0 Å². The van der Waals surface area contributed by atoms with Gasteiger partial charge in [0.1, 0.15) is 12.6 Å². The minimum Gasteiger partial charge on any atom is -0.303 e. The zero-order valence-corrected chi connectivity index (χ0v) is 7.96. The number of carbonyl (C=O) groups is 2. The predicted molar refractivity (Wildman–Crippen MR) is 46.7 cm³/mol. The SMILES string of the molecule is CC1(C)[C@@H](C=O)CC[C@@]1(C)C=O. The van der Waals surface area contributed by atoms with Gasteiger partial charge in [0.05, 0.1) is 0 Å². The van der Waals surface area contributed by atoms with Crippen molar-refractivity contribution in [3.8, 4) is 0 Å². The second-order valence-electron chi connectivity index (χ2n) is 4.54. The van der Waals surface area contributed by atoms with Crippen molar-refractivity contribution in [2.24, 2.45) is 16.7 Å². The monoisotopic (exact) mass is 168 g/mol. The van der Waals surface area contributed by atoms with Crippen LogP contribution >= 0.6 is 0 Å². The summed E-state index contributed by atoms with van der Waals surface area (Å²) in [5.41, 5.74) is -0.477. The molecule has 0 N–H and O–H groups in total. The molecule has 12 heavy (non-hydrogen) atoms. The van der Waals surface area contributed by atoms with Crippen LogP contribution < -0.4 is 0 Å². The van der Waals surface area contributed by atoms with E-state index in [0.29, 0.717) is 0 Å². The Hall–Kier alpha value is -0.660. The summed E-state index contributed by atoms with van der Waals surface area (Å²) in [6.07, 6.45) is 3.70. The summed E-state index contributed by atoms with van der Waals surface area (Å²) in [5, 5.41) is 0. The van der Waals surface area contributed by atoms with Gasteiger partial charge in [-0.05, 0) is 18.3 Å². The van der Waals surface area contributed by atoms with Crippen molar-refractivity contribution in [3.63, 3.8) is 0 Å². The molecular weight excluding hydrogens is 152 g/mol. The molecule has 1 aliphatic rings. The van der Waals surface area contributed by atoms with E-state index in [4.69, 9.17) is 0 Å². The van der Waals surface area contributed by atoms with Gasteiger partial charge >= 0.3 is 0 Å². The summed E-state index contributed by atoms with van der Waals surface area (Å²) in [6, 6.07) is 0. The van der Waals surface area contributed by atoms with E-state index < -0.39 is 0 Å². The van der Waals surface area contributed by atoms with Crippen molar-refractivity contribution in [1.29, 1.82) is 0 Å². The Kier molecular flexibility index (Phi) is 2.11. The van der Waals surface area contributed by atoms with Gasteiger partial charge in [0, 0.05) is 11.3 Å². The maximum atomic E-state index is 10.9. The van der Waals surface area contributed by atoms with Gasteiger partial charge in [0.15, 0.2) is 0 Å². The Balaban J connectivity index is 2.98. The van der Waals surface area contributed by atoms with Crippen LogP contribution in [0.4, 0.5) is 0 Å². The molecule has 0 spiro atoms. The van der Waals surface area contributed by atoms with Crippen LogP contribution in [-0.2, 0) is 9.59 Å². The molecule has 2 heteroatoms. The highest BCUT2D eigenvalue weighted by atomic mass is 16.1. The van der Waals surface area contributed by atoms with Gasteiger partial charge in [-0.2, -0.15) is 0 Å². The fourth-order valence-corrected chi connectivity index (χ4v) is 2.01. The van der Waals surface area contributed by atoms with Crippen molar-refractivity contribution in [2.45, 2.75) is 33.6 Å². The van der Waals surface area contributed by atoms with Crippen molar-refractivity contribution in [3.05, 3.63) is 0 Å². The molecule has 2 nitrogen and oxygen atoms in total. The fraction of sp³-hybridized carbons (Fsp3) is 0.800. The van der Waals surface area contributed by atoms with E-state index >= 15 is 0 Å². The number of carbonyl (C=O) groups excluding carboxylic acids is 2. The molecule has 0 aromatic heterocycles. The standard InChI is InChI=1S/C10H16O2/c1-9(2)8(6-11)4-5-10(9,3)7-12/h6-8H,4-5H2,1-3H3/t8-,10+/m1/s1. The van der Waals surface area contributed by atoms with Crippen LogP contribution in [-0.4, -0.2) is 12.6 Å². The van der Waals surface area contributed by atoms with Gasteiger partial charge in [0.25, 0.3) is 0 Å². The van der Waals surface area contributed by atoms with Crippen molar-refractivity contribution in [1.82, 2.24) is 0 Å². The summed E-state index contributed by atoms with van der Waals surface area (Å²) in [5.74, 6) is 0.0488. The minimum absolute atomic E-state index is 0.0488. The molecule has 0 bridgehead atoms. The third-order valence-corrected chi connectivity index (χ3v) is 3.80. The predicted octanol–water partition coefficient (Wildman–Crippen LogP) is 1.83. The lowest BCUT2D eigenvalue weighted by molar-refractivity contribution is -0.122. The molecule has 1 aliphatic carbocycles. The highest BCUT2D eigenvalue weighted by Crippen LogP contribution is 2.53. The molecule has 2 atom stereocenters. The topological polar surface area (TPSA) is 34.1 Å². The molecule has 0 heterocycles. The van der Waals surface area contributed by atoms with Crippen molar-refractivity contribution < 1.29 is 9.59 Å². The molecule has 0 unspecified atom stereocenters. The van der Waals surface area contributed by atoms with Gasteiger partial charge in [-0.1, -0.05) is 20.8 Å². The lowest BCUT2D eigenvalue weighted by Crippen LogP contribution is -2.35. The van der Waals surface area contributed by atoms with Crippen LogP contribution in [0.5, 0.6) is 0 Å². The lowest BCUT2D eigenvalue weighted by Gasteiger charge is -2.35. The van der Waals surface area contributed by atoms with Crippen LogP contribution in [0.15, 0.2) is 0 Å². The summed E-state index contributed by atoms with van der Waals surface area (Å²) < 4.78 is 0. The van der Waals surface area contributed by atoms with Crippen LogP contribution in [0.3, 0.4) is 0 Å². The van der Waals surface area contributed by atoms with Crippen LogP contribution in [0.2, 0.25) is 0 Å². The Labute approximate surface area is 73.3 Å². The zero-order valence-electron chi connectivity index (χ0n) is 7.96. The van der Waals surface area contributed by atoms with E-state index in [-0.39, 0.29) is 16.7 Å². The van der Waals surface area contributed by atoms with Crippen LogP contribution in [0, 0.1) is 16.7 Å². The van der Waals surface area contributed by atoms with E-state index in [1.165, 1.54) is 0 Å². The third kappa shape index (κ3) is 1.01. The second kappa shape index (κ2) is 2.68. The van der Waals surface area contributed by atoms with Crippen LogP contribution in [0.25, 0.3) is 0 Å². The number of rotatable bonds is 2. The zero-order chi connectivity index (χ0) is 9.41. The largest absolute Gasteiger partial charge is 0.303 e. The number of hydrogen-bond acceptors (Lipinski definition) is 2. The Morgan fingerprint density at radius 2 is 1.83 bits per heavy atom.